The smallest absolute Gasteiger partial charge is 0.248 e. The normalized spacial score (nSPS) is 15.2. The van der Waals surface area contributed by atoms with E-state index < -0.39 is 39.1 Å². The van der Waals surface area contributed by atoms with E-state index in [9.17, 15) is 26.4 Å². The minimum Gasteiger partial charge on any atom is -0.495 e. The van der Waals surface area contributed by atoms with E-state index in [0.29, 0.717) is 11.6 Å². The number of morpholine rings is 1. The molecule has 1 saturated heterocycles. The Kier molecular flexibility index (Phi) is 6.98. The van der Waals surface area contributed by atoms with Gasteiger partial charge in [-0.3, -0.25) is 4.79 Å². The van der Waals surface area contributed by atoms with Crippen LogP contribution < -0.4 is 10.1 Å². The third-order valence-corrected chi connectivity index (χ3v) is 6.42. The quantitative estimate of drug-likeness (QED) is 0.534. The number of sulfonamides is 1. The summed E-state index contributed by atoms with van der Waals surface area (Å²) in [6.07, 6.45) is 2.30. The van der Waals surface area contributed by atoms with Crippen molar-refractivity contribution in [3.63, 3.8) is 0 Å². The summed E-state index contributed by atoms with van der Waals surface area (Å²) in [5.74, 6) is -5.28. The summed E-state index contributed by atoms with van der Waals surface area (Å²) in [5, 5.41) is 2.10. The Labute approximate surface area is 177 Å². The molecule has 0 unspecified atom stereocenters. The van der Waals surface area contributed by atoms with Gasteiger partial charge in [-0.05, 0) is 35.9 Å². The van der Waals surface area contributed by atoms with E-state index in [0.717, 1.165) is 12.1 Å². The molecule has 11 heteroatoms. The summed E-state index contributed by atoms with van der Waals surface area (Å²) in [6.45, 7) is 0.963. The largest absolute Gasteiger partial charge is 0.495 e. The maximum atomic E-state index is 13.7. The lowest BCUT2D eigenvalue weighted by Crippen LogP contribution is -2.40. The molecule has 1 N–H and O–H groups in total. The van der Waals surface area contributed by atoms with Crippen molar-refractivity contribution in [2.45, 2.75) is 4.90 Å². The van der Waals surface area contributed by atoms with Gasteiger partial charge in [0, 0.05) is 19.2 Å². The van der Waals surface area contributed by atoms with Crippen molar-refractivity contribution in [2.24, 2.45) is 0 Å². The van der Waals surface area contributed by atoms with Gasteiger partial charge in [0.25, 0.3) is 0 Å². The van der Waals surface area contributed by atoms with Gasteiger partial charge in [-0.1, -0.05) is 6.07 Å². The molecule has 1 aliphatic rings. The van der Waals surface area contributed by atoms with Gasteiger partial charge in [-0.2, -0.15) is 4.31 Å². The number of halogens is 3. The molecule has 0 aromatic heterocycles. The Balaban J connectivity index is 1.82. The van der Waals surface area contributed by atoms with Gasteiger partial charge in [-0.25, -0.2) is 21.6 Å². The van der Waals surface area contributed by atoms with E-state index in [1.807, 2.05) is 0 Å². The standard InChI is InChI=1S/C20H19F3N2O5S/c1-29-16-6-2-13(12-17(16)31(27,28)25-8-10-30-11-9-25)3-7-18(26)24-15-5-4-14(21)19(22)20(15)23/h2-7,12H,8-11H2,1H3,(H,24,26). The van der Waals surface area contributed by atoms with Crippen LogP contribution in [-0.4, -0.2) is 52.0 Å². The van der Waals surface area contributed by atoms with E-state index in [-0.39, 0.29) is 36.9 Å². The van der Waals surface area contributed by atoms with Crippen LogP contribution in [-0.2, 0) is 19.6 Å². The molecule has 0 saturated carbocycles. The first-order valence-corrected chi connectivity index (χ1v) is 10.6. The summed E-state index contributed by atoms with van der Waals surface area (Å²) < 4.78 is 77.5. The van der Waals surface area contributed by atoms with Crippen LogP contribution in [0.25, 0.3) is 6.08 Å². The highest BCUT2D eigenvalue weighted by Gasteiger charge is 2.29. The predicted octanol–water partition coefficient (Wildman–Crippen LogP) is 2.79. The molecule has 3 rings (SSSR count). The van der Waals surface area contributed by atoms with Crippen LogP contribution in [0.15, 0.2) is 41.3 Å². The van der Waals surface area contributed by atoms with Gasteiger partial charge in [0.15, 0.2) is 17.5 Å². The number of nitrogens with zero attached hydrogens (tertiary/aromatic N) is 1. The SMILES string of the molecule is COc1ccc(C=CC(=O)Nc2ccc(F)c(F)c2F)cc1S(=O)(=O)N1CCOCC1. The molecule has 0 atom stereocenters. The molecular formula is C20H19F3N2O5S. The molecule has 2 aromatic rings. The highest BCUT2D eigenvalue weighted by Crippen LogP contribution is 2.29. The fourth-order valence-corrected chi connectivity index (χ4v) is 4.49. The van der Waals surface area contributed by atoms with Gasteiger partial charge in [0.05, 0.1) is 26.0 Å². The molecule has 31 heavy (non-hydrogen) atoms. The second-order valence-electron chi connectivity index (χ2n) is 6.47. The Morgan fingerprint density at radius 1 is 1.13 bits per heavy atom. The van der Waals surface area contributed by atoms with Crippen molar-refractivity contribution >= 4 is 27.7 Å². The lowest BCUT2D eigenvalue weighted by atomic mass is 10.2. The number of rotatable bonds is 6. The Morgan fingerprint density at radius 3 is 2.52 bits per heavy atom. The van der Waals surface area contributed by atoms with E-state index in [2.05, 4.69) is 5.32 Å². The molecule has 7 nitrogen and oxygen atoms in total. The maximum Gasteiger partial charge on any atom is 0.248 e. The first-order valence-electron chi connectivity index (χ1n) is 9.12. The second-order valence-corrected chi connectivity index (χ2v) is 8.38. The molecule has 1 amide bonds. The molecule has 0 radical (unpaired) electrons. The number of methoxy groups -OCH3 is 1. The summed E-state index contributed by atoms with van der Waals surface area (Å²) in [6, 6.07) is 5.88. The van der Waals surface area contributed by atoms with Crippen LogP contribution >= 0.6 is 0 Å². The molecule has 0 spiro atoms. The summed E-state index contributed by atoms with van der Waals surface area (Å²) in [5.41, 5.74) is -0.174. The fraction of sp³-hybridized carbons (Fsp3) is 0.250. The van der Waals surface area contributed by atoms with Gasteiger partial charge in [0.2, 0.25) is 15.9 Å². The summed E-state index contributed by atoms with van der Waals surface area (Å²) in [7, 11) is -2.52. The van der Waals surface area contributed by atoms with Crippen LogP contribution in [0.5, 0.6) is 5.75 Å². The van der Waals surface area contributed by atoms with Gasteiger partial charge in [-0.15, -0.1) is 0 Å². The van der Waals surface area contributed by atoms with E-state index in [1.165, 1.54) is 35.7 Å². The topological polar surface area (TPSA) is 84.9 Å². The number of carbonyl (C=O) groups is 1. The van der Waals surface area contributed by atoms with Crippen molar-refractivity contribution in [1.29, 1.82) is 0 Å². The average molecular weight is 456 g/mol. The lowest BCUT2D eigenvalue weighted by molar-refractivity contribution is -0.111. The maximum absolute atomic E-state index is 13.7. The average Bonchev–Trinajstić information content (AvgIpc) is 2.78. The second kappa shape index (κ2) is 9.50. The van der Waals surface area contributed by atoms with Gasteiger partial charge in [0.1, 0.15) is 10.6 Å². The van der Waals surface area contributed by atoms with Crippen molar-refractivity contribution < 1.29 is 35.9 Å². The first kappa shape index (κ1) is 22.8. The van der Waals surface area contributed by atoms with Crippen LogP contribution in [0.4, 0.5) is 18.9 Å². The number of nitrogens with one attached hydrogen (secondary N) is 1. The molecule has 0 aliphatic carbocycles. The van der Waals surface area contributed by atoms with Crippen molar-refractivity contribution in [3.8, 4) is 5.75 Å². The van der Waals surface area contributed by atoms with Crippen molar-refractivity contribution in [3.05, 3.63) is 59.4 Å². The number of carbonyl (C=O) groups excluding carboxylic acids is 1. The molecule has 0 bridgehead atoms. The third kappa shape index (κ3) is 5.06. The van der Waals surface area contributed by atoms with Crippen LogP contribution in [0.3, 0.4) is 0 Å². The van der Waals surface area contributed by atoms with E-state index >= 15 is 0 Å². The molecule has 1 fully saturated rings. The molecule has 166 valence electrons. The third-order valence-electron chi connectivity index (χ3n) is 4.50. The van der Waals surface area contributed by atoms with Crippen LogP contribution in [0.2, 0.25) is 0 Å². The van der Waals surface area contributed by atoms with Crippen molar-refractivity contribution in [2.75, 3.05) is 38.7 Å². The summed E-state index contributed by atoms with van der Waals surface area (Å²) >= 11 is 0. The van der Waals surface area contributed by atoms with Gasteiger partial charge >= 0.3 is 0 Å². The number of hydrogen-bond donors (Lipinski definition) is 1. The van der Waals surface area contributed by atoms with E-state index in [1.54, 1.807) is 0 Å². The number of hydrogen-bond acceptors (Lipinski definition) is 5. The number of ether oxygens (including phenoxy) is 2. The zero-order chi connectivity index (χ0) is 22.6. The molecule has 1 heterocycles. The minimum absolute atomic E-state index is 0.0777. The number of amides is 1. The monoisotopic (exact) mass is 456 g/mol. The number of benzene rings is 2. The lowest BCUT2D eigenvalue weighted by Gasteiger charge is -2.26. The first-order chi connectivity index (χ1) is 14.7. The predicted molar refractivity (Wildman–Crippen MR) is 107 cm³/mol. The highest BCUT2D eigenvalue weighted by atomic mass is 32.2. The minimum atomic E-state index is -3.86. The Hall–Kier alpha value is -2.89. The Bertz CT molecular complexity index is 1120. The zero-order valence-corrected chi connectivity index (χ0v) is 17.2. The summed E-state index contributed by atoms with van der Waals surface area (Å²) in [4.78, 5) is 12.0. The molecule has 2 aromatic carbocycles. The Morgan fingerprint density at radius 2 is 1.84 bits per heavy atom. The van der Waals surface area contributed by atoms with Gasteiger partial charge < -0.3 is 14.8 Å². The zero-order valence-electron chi connectivity index (χ0n) is 16.4. The molecular weight excluding hydrogens is 437 g/mol. The fourth-order valence-electron chi connectivity index (χ4n) is 2.89. The van der Waals surface area contributed by atoms with E-state index in [4.69, 9.17) is 9.47 Å². The highest BCUT2D eigenvalue weighted by molar-refractivity contribution is 7.89. The number of anilines is 1. The van der Waals surface area contributed by atoms with Crippen molar-refractivity contribution in [1.82, 2.24) is 4.31 Å². The van der Waals surface area contributed by atoms with Crippen LogP contribution in [0.1, 0.15) is 5.56 Å². The molecule has 1 aliphatic heterocycles. The van der Waals surface area contributed by atoms with Crippen LogP contribution in [0, 0.1) is 17.5 Å².